The Balaban J connectivity index is 1.42. The average molecular weight is 455 g/mol. The summed E-state index contributed by atoms with van der Waals surface area (Å²) in [4.78, 5) is 28.6. The van der Waals surface area contributed by atoms with E-state index in [9.17, 15) is 9.59 Å². The third-order valence-electron chi connectivity index (χ3n) is 5.11. The highest BCUT2D eigenvalue weighted by Crippen LogP contribution is 2.19. The number of hydrogen-bond donors (Lipinski definition) is 2. The van der Waals surface area contributed by atoms with Gasteiger partial charge in [0.05, 0.1) is 0 Å². The van der Waals surface area contributed by atoms with Gasteiger partial charge in [-0.1, -0.05) is 42.7 Å². The highest BCUT2D eigenvalue weighted by Gasteiger charge is 2.12. The maximum absolute atomic E-state index is 12.2. The minimum atomic E-state index is -0.0588. The van der Waals surface area contributed by atoms with E-state index < -0.39 is 0 Å². The van der Waals surface area contributed by atoms with Crippen LogP contribution in [0.25, 0.3) is 11.4 Å². The van der Waals surface area contributed by atoms with Crippen LogP contribution in [0, 0.1) is 5.92 Å². The van der Waals surface area contributed by atoms with Gasteiger partial charge in [0.1, 0.15) is 0 Å². The van der Waals surface area contributed by atoms with Crippen molar-refractivity contribution in [2.24, 2.45) is 5.92 Å². The zero-order chi connectivity index (χ0) is 22.9. The fraction of sp³-hybridized carbons (Fsp3) is 0.333. The Morgan fingerprint density at radius 3 is 2.69 bits per heavy atom. The predicted octanol–water partition coefficient (Wildman–Crippen LogP) is 5.01. The highest BCUT2D eigenvalue weighted by molar-refractivity contribution is 6.30. The molecule has 1 aromatic heterocycles. The summed E-state index contributed by atoms with van der Waals surface area (Å²) in [5.41, 5.74) is 2.48. The van der Waals surface area contributed by atoms with Crippen molar-refractivity contribution in [2.45, 2.75) is 46.1 Å². The summed E-state index contributed by atoms with van der Waals surface area (Å²) in [5, 5.41) is 10.4. The van der Waals surface area contributed by atoms with E-state index in [-0.39, 0.29) is 17.7 Å². The van der Waals surface area contributed by atoms with Crippen LogP contribution in [0.3, 0.4) is 0 Å². The van der Waals surface area contributed by atoms with Crippen LogP contribution in [-0.2, 0) is 22.6 Å². The molecule has 2 N–H and O–H groups in total. The molecule has 1 heterocycles. The Kier molecular flexibility index (Phi) is 8.39. The Labute approximate surface area is 192 Å². The molecule has 32 heavy (non-hydrogen) atoms. The lowest BCUT2D eigenvalue weighted by Crippen LogP contribution is -2.23. The van der Waals surface area contributed by atoms with Gasteiger partial charge >= 0.3 is 0 Å². The van der Waals surface area contributed by atoms with Gasteiger partial charge in [-0.3, -0.25) is 9.59 Å². The van der Waals surface area contributed by atoms with Crippen molar-refractivity contribution < 1.29 is 14.1 Å². The second-order valence-electron chi connectivity index (χ2n) is 7.65. The number of amides is 2. The van der Waals surface area contributed by atoms with Crippen molar-refractivity contribution >= 4 is 29.1 Å². The number of nitrogens with one attached hydrogen (secondary N) is 2. The second-order valence-corrected chi connectivity index (χ2v) is 8.08. The maximum atomic E-state index is 12.2. The number of hydrogen-bond acceptors (Lipinski definition) is 5. The molecule has 168 valence electrons. The minimum absolute atomic E-state index is 0.00562. The quantitative estimate of drug-likeness (QED) is 0.448. The summed E-state index contributed by atoms with van der Waals surface area (Å²) in [6, 6.07) is 14.7. The molecule has 8 heteroatoms. The molecule has 2 amide bonds. The van der Waals surface area contributed by atoms with Gasteiger partial charge in [0.2, 0.25) is 23.5 Å². The number of halogens is 1. The van der Waals surface area contributed by atoms with E-state index in [1.807, 2.05) is 50.2 Å². The molecule has 7 nitrogen and oxygen atoms in total. The van der Waals surface area contributed by atoms with Crippen LogP contribution in [0.5, 0.6) is 0 Å². The molecule has 1 atom stereocenters. The molecule has 3 aromatic rings. The number of benzene rings is 2. The van der Waals surface area contributed by atoms with Crippen molar-refractivity contribution in [1.29, 1.82) is 0 Å². The summed E-state index contributed by atoms with van der Waals surface area (Å²) < 4.78 is 5.27. The van der Waals surface area contributed by atoms with Crippen LogP contribution in [0.1, 0.15) is 44.6 Å². The third kappa shape index (κ3) is 6.92. The van der Waals surface area contributed by atoms with Crippen molar-refractivity contribution in [3.8, 4) is 11.4 Å². The number of aryl methyl sites for hydroxylation is 1. The maximum Gasteiger partial charge on any atom is 0.227 e. The van der Waals surface area contributed by atoms with Crippen LogP contribution in [0.4, 0.5) is 5.69 Å². The molecular formula is C24H27ClN4O3. The van der Waals surface area contributed by atoms with Gasteiger partial charge in [-0.05, 0) is 54.8 Å². The molecule has 1 unspecified atom stereocenters. The van der Waals surface area contributed by atoms with Crippen LogP contribution in [0.2, 0.25) is 5.02 Å². The van der Waals surface area contributed by atoms with E-state index >= 15 is 0 Å². The van der Waals surface area contributed by atoms with Crippen molar-refractivity contribution in [3.05, 3.63) is 65.0 Å². The highest BCUT2D eigenvalue weighted by atomic mass is 35.5. The van der Waals surface area contributed by atoms with Crippen molar-refractivity contribution in [2.75, 3.05) is 5.32 Å². The number of carbonyl (C=O) groups excluding carboxylic acids is 2. The lowest BCUT2D eigenvalue weighted by molar-refractivity contribution is -0.121. The Hall–Kier alpha value is -3.19. The zero-order valence-electron chi connectivity index (χ0n) is 18.2. The number of carbonyl (C=O) groups is 2. The lowest BCUT2D eigenvalue weighted by atomic mass is 10.1. The Morgan fingerprint density at radius 2 is 1.94 bits per heavy atom. The molecule has 0 aliphatic heterocycles. The van der Waals surface area contributed by atoms with E-state index in [0.717, 1.165) is 23.2 Å². The van der Waals surface area contributed by atoms with Gasteiger partial charge in [-0.15, -0.1) is 0 Å². The normalized spacial score (nSPS) is 11.7. The summed E-state index contributed by atoms with van der Waals surface area (Å²) >= 11 is 5.89. The Bertz CT molecular complexity index is 1050. The SMILES string of the molecule is CCC(C)C(=O)Nc1cccc(CNC(=O)CCCc2nc(-c3ccc(Cl)cc3)no2)c1. The van der Waals surface area contributed by atoms with Gasteiger partial charge in [0.25, 0.3) is 0 Å². The molecule has 0 saturated heterocycles. The summed E-state index contributed by atoms with van der Waals surface area (Å²) in [5.74, 6) is 0.888. The van der Waals surface area contributed by atoms with E-state index in [4.69, 9.17) is 16.1 Å². The van der Waals surface area contributed by atoms with E-state index in [0.29, 0.717) is 42.5 Å². The largest absolute Gasteiger partial charge is 0.352 e. The molecule has 0 fully saturated rings. The van der Waals surface area contributed by atoms with E-state index in [1.54, 1.807) is 12.1 Å². The topological polar surface area (TPSA) is 97.1 Å². The van der Waals surface area contributed by atoms with Crippen LogP contribution < -0.4 is 10.6 Å². The molecule has 0 aliphatic rings. The standard InChI is InChI=1S/C24H27ClN4O3/c1-3-16(2)24(31)27-20-7-4-6-17(14-20)15-26-21(30)8-5-9-22-28-23(29-32-22)18-10-12-19(25)13-11-18/h4,6-7,10-14,16H,3,5,8-9,15H2,1-2H3,(H,26,30)(H,27,31). The fourth-order valence-electron chi connectivity index (χ4n) is 2.97. The van der Waals surface area contributed by atoms with Crippen molar-refractivity contribution in [3.63, 3.8) is 0 Å². The molecular weight excluding hydrogens is 428 g/mol. The molecule has 0 bridgehead atoms. The fourth-order valence-corrected chi connectivity index (χ4v) is 3.10. The van der Waals surface area contributed by atoms with Gasteiger partial charge < -0.3 is 15.2 Å². The second kappa shape index (κ2) is 11.4. The minimum Gasteiger partial charge on any atom is -0.352 e. The van der Waals surface area contributed by atoms with Gasteiger partial charge in [0.15, 0.2) is 0 Å². The first-order valence-corrected chi connectivity index (χ1v) is 11.1. The summed E-state index contributed by atoms with van der Waals surface area (Å²) in [7, 11) is 0. The van der Waals surface area contributed by atoms with E-state index in [2.05, 4.69) is 20.8 Å². The first-order valence-electron chi connectivity index (χ1n) is 10.7. The van der Waals surface area contributed by atoms with Gasteiger partial charge in [-0.2, -0.15) is 4.98 Å². The van der Waals surface area contributed by atoms with E-state index in [1.165, 1.54) is 0 Å². The predicted molar refractivity (Wildman–Crippen MR) is 124 cm³/mol. The first kappa shape index (κ1) is 23.5. The average Bonchev–Trinajstić information content (AvgIpc) is 3.26. The molecule has 0 spiro atoms. The van der Waals surface area contributed by atoms with Crippen LogP contribution in [0.15, 0.2) is 53.1 Å². The number of anilines is 1. The van der Waals surface area contributed by atoms with Crippen molar-refractivity contribution in [1.82, 2.24) is 15.5 Å². The summed E-state index contributed by atoms with van der Waals surface area (Å²) in [6.07, 6.45) is 2.25. The molecule has 3 rings (SSSR count). The molecule has 0 saturated carbocycles. The van der Waals surface area contributed by atoms with Crippen LogP contribution in [-0.4, -0.2) is 22.0 Å². The lowest BCUT2D eigenvalue weighted by Gasteiger charge is -2.11. The zero-order valence-corrected chi connectivity index (χ0v) is 19.0. The molecule has 2 aromatic carbocycles. The number of nitrogens with zero attached hydrogens (tertiary/aromatic N) is 2. The van der Waals surface area contributed by atoms with Gasteiger partial charge in [-0.25, -0.2) is 0 Å². The monoisotopic (exact) mass is 454 g/mol. The Morgan fingerprint density at radius 1 is 1.16 bits per heavy atom. The summed E-state index contributed by atoms with van der Waals surface area (Å²) in [6.45, 7) is 4.27. The number of aromatic nitrogens is 2. The third-order valence-corrected chi connectivity index (χ3v) is 5.36. The van der Waals surface area contributed by atoms with Crippen LogP contribution >= 0.6 is 11.6 Å². The molecule has 0 aliphatic carbocycles. The van der Waals surface area contributed by atoms with Gasteiger partial charge in [0, 0.05) is 41.6 Å². The first-order chi connectivity index (χ1) is 15.4. The molecule has 0 radical (unpaired) electrons. The smallest absolute Gasteiger partial charge is 0.227 e. The number of rotatable bonds is 10.